The number of rotatable bonds is 6. The maximum absolute atomic E-state index is 12.5. The van der Waals surface area contributed by atoms with Crippen molar-refractivity contribution in [3.63, 3.8) is 0 Å². The van der Waals surface area contributed by atoms with E-state index in [9.17, 15) is 4.79 Å². The molecular weight excluding hydrogens is 386 g/mol. The maximum atomic E-state index is 12.5. The van der Waals surface area contributed by atoms with Gasteiger partial charge < -0.3 is 15.4 Å². The molecule has 0 spiro atoms. The topological polar surface area (TPSA) is 89.0 Å². The van der Waals surface area contributed by atoms with E-state index in [1.807, 2.05) is 26.0 Å². The van der Waals surface area contributed by atoms with E-state index in [2.05, 4.69) is 25.6 Å². The Kier molecular flexibility index (Phi) is 5.88. The average Bonchev–Trinajstić information content (AvgIpc) is 3.06. The fraction of sp³-hybridized carbons (Fsp3) is 0.222. The van der Waals surface area contributed by atoms with Crippen LogP contribution in [0.25, 0.3) is 0 Å². The van der Waals surface area contributed by atoms with Gasteiger partial charge in [0, 0.05) is 6.07 Å². The number of nitrogens with one attached hydrogen (secondary N) is 2. The minimum Gasteiger partial charge on any atom is -0.478 e. The number of amides is 1. The van der Waals surface area contributed by atoms with Gasteiger partial charge in [-0.15, -0.1) is 0 Å². The first-order valence-electron chi connectivity index (χ1n) is 8.24. The molecule has 1 amide bonds. The fourth-order valence-corrected chi connectivity index (χ4v) is 3.33. The Bertz CT molecular complexity index is 956. The predicted octanol–water partition coefficient (Wildman–Crippen LogP) is 4.60. The minimum atomic E-state index is -0.273. The summed E-state index contributed by atoms with van der Waals surface area (Å²) in [5, 5.41) is 6.94. The molecule has 0 aliphatic rings. The Morgan fingerprint density at radius 3 is 2.85 bits per heavy atom. The van der Waals surface area contributed by atoms with Crippen LogP contribution >= 0.6 is 22.9 Å². The summed E-state index contributed by atoms with van der Waals surface area (Å²) in [6, 6.07) is 7.14. The number of thiazole rings is 1. The molecule has 9 heteroatoms. The highest BCUT2D eigenvalue weighted by atomic mass is 35.5. The Morgan fingerprint density at radius 2 is 2.11 bits per heavy atom. The molecule has 2 heterocycles. The van der Waals surface area contributed by atoms with Crippen molar-refractivity contribution >= 4 is 45.5 Å². The van der Waals surface area contributed by atoms with E-state index < -0.39 is 0 Å². The van der Waals surface area contributed by atoms with E-state index in [4.69, 9.17) is 16.3 Å². The molecule has 0 aliphatic carbocycles. The maximum Gasteiger partial charge on any atom is 0.267 e. The van der Waals surface area contributed by atoms with Gasteiger partial charge in [0.05, 0.1) is 23.5 Å². The van der Waals surface area contributed by atoms with E-state index in [-0.39, 0.29) is 5.91 Å². The number of hydrogen-bond donors (Lipinski definition) is 2. The summed E-state index contributed by atoms with van der Waals surface area (Å²) in [7, 11) is 0. The zero-order valence-corrected chi connectivity index (χ0v) is 16.6. The molecule has 27 heavy (non-hydrogen) atoms. The normalized spacial score (nSPS) is 10.5. The van der Waals surface area contributed by atoms with Crippen molar-refractivity contribution in [2.24, 2.45) is 0 Å². The van der Waals surface area contributed by atoms with E-state index in [0.717, 1.165) is 5.56 Å². The van der Waals surface area contributed by atoms with Gasteiger partial charge in [0.15, 0.2) is 5.13 Å². The SMILES string of the molecule is CCOc1cc(Nc2ncc(C(=O)Nc3c(C)cccc3Cl)s2)nc(C)n1. The molecule has 3 aromatic rings. The molecule has 1 aromatic carbocycles. The summed E-state index contributed by atoms with van der Waals surface area (Å²) >= 11 is 7.38. The third-order valence-electron chi connectivity index (χ3n) is 3.53. The lowest BCUT2D eigenvalue weighted by molar-refractivity contribution is 0.103. The molecule has 2 aromatic heterocycles. The van der Waals surface area contributed by atoms with Crippen LogP contribution in [0.1, 0.15) is 28.0 Å². The summed E-state index contributed by atoms with van der Waals surface area (Å²) < 4.78 is 5.41. The van der Waals surface area contributed by atoms with Gasteiger partial charge in [-0.3, -0.25) is 4.79 Å². The standard InChI is InChI=1S/C18H18ClN5O2S/c1-4-26-15-8-14(21-11(3)22-15)23-18-20-9-13(27-18)17(25)24-16-10(2)6-5-7-12(16)19/h5-9H,4H2,1-3H3,(H,24,25)(H,20,21,22,23). The lowest BCUT2D eigenvalue weighted by Gasteiger charge is -2.09. The zero-order valence-electron chi connectivity index (χ0n) is 15.0. The van der Waals surface area contributed by atoms with Crippen LogP contribution in [0.3, 0.4) is 0 Å². The molecule has 7 nitrogen and oxygen atoms in total. The van der Waals surface area contributed by atoms with Gasteiger partial charge >= 0.3 is 0 Å². The fourth-order valence-electron chi connectivity index (χ4n) is 2.34. The van der Waals surface area contributed by atoms with Crippen LogP contribution in [0.2, 0.25) is 5.02 Å². The number of halogens is 1. The van der Waals surface area contributed by atoms with Crippen LogP contribution in [0.4, 0.5) is 16.6 Å². The summed E-state index contributed by atoms with van der Waals surface area (Å²) in [6.07, 6.45) is 1.51. The molecule has 0 fully saturated rings. The molecule has 0 atom stereocenters. The van der Waals surface area contributed by atoms with E-state index in [0.29, 0.717) is 44.8 Å². The van der Waals surface area contributed by atoms with E-state index >= 15 is 0 Å². The van der Waals surface area contributed by atoms with Gasteiger partial charge in [0.1, 0.15) is 16.5 Å². The highest BCUT2D eigenvalue weighted by Crippen LogP contribution is 2.28. The van der Waals surface area contributed by atoms with Crippen molar-refractivity contribution in [3.05, 3.63) is 51.7 Å². The summed E-state index contributed by atoms with van der Waals surface area (Å²) in [5.41, 5.74) is 1.48. The quantitative estimate of drug-likeness (QED) is 0.625. The van der Waals surface area contributed by atoms with Gasteiger partial charge in [-0.2, -0.15) is 4.98 Å². The first-order valence-corrected chi connectivity index (χ1v) is 9.43. The van der Waals surface area contributed by atoms with Crippen LogP contribution in [0.15, 0.2) is 30.5 Å². The molecule has 140 valence electrons. The molecule has 0 saturated carbocycles. The van der Waals surface area contributed by atoms with E-state index in [1.165, 1.54) is 17.5 Å². The second-order valence-electron chi connectivity index (χ2n) is 5.61. The molecule has 0 bridgehead atoms. The monoisotopic (exact) mass is 403 g/mol. The molecule has 0 saturated heterocycles. The van der Waals surface area contributed by atoms with Crippen molar-refractivity contribution in [1.82, 2.24) is 15.0 Å². The number of carbonyl (C=O) groups is 1. The number of aryl methyl sites for hydroxylation is 2. The Hall–Kier alpha value is -2.71. The lowest BCUT2D eigenvalue weighted by Crippen LogP contribution is -2.11. The highest BCUT2D eigenvalue weighted by molar-refractivity contribution is 7.17. The molecular formula is C18H18ClN5O2S. The van der Waals surface area contributed by atoms with Crippen LogP contribution < -0.4 is 15.4 Å². The van der Waals surface area contributed by atoms with Crippen molar-refractivity contribution in [2.45, 2.75) is 20.8 Å². The van der Waals surface area contributed by atoms with Crippen LogP contribution in [0.5, 0.6) is 5.88 Å². The molecule has 0 unspecified atom stereocenters. The molecule has 0 radical (unpaired) electrons. The van der Waals surface area contributed by atoms with Gasteiger partial charge in [0.25, 0.3) is 5.91 Å². The first kappa shape index (κ1) is 19.1. The highest BCUT2D eigenvalue weighted by Gasteiger charge is 2.14. The Labute approximate surface area is 165 Å². The number of benzene rings is 1. The number of para-hydroxylation sites is 1. The second-order valence-corrected chi connectivity index (χ2v) is 7.05. The molecule has 0 aliphatic heterocycles. The second kappa shape index (κ2) is 8.32. The number of ether oxygens (including phenoxy) is 1. The summed E-state index contributed by atoms with van der Waals surface area (Å²) in [4.78, 5) is 25.7. The van der Waals surface area contributed by atoms with Crippen LogP contribution in [0, 0.1) is 13.8 Å². The van der Waals surface area contributed by atoms with Crippen molar-refractivity contribution in [2.75, 3.05) is 17.2 Å². The first-order chi connectivity index (χ1) is 13.0. The van der Waals surface area contributed by atoms with Crippen LogP contribution in [-0.4, -0.2) is 27.5 Å². The van der Waals surface area contributed by atoms with Gasteiger partial charge in [-0.05, 0) is 32.4 Å². The predicted molar refractivity (Wildman–Crippen MR) is 107 cm³/mol. The summed E-state index contributed by atoms with van der Waals surface area (Å²) in [6.45, 7) is 6.06. The smallest absolute Gasteiger partial charge is 0.267 e. The third kappa shape index (κ3) is 4.72. The van der Waals surface area contributed by atoms with Gasteiger partial charge in [-0.1, -0.05) is 35.1 Å². The molecule has 3 rings (SSSR count). The van der Waals surface area contributed by atoms with Crippen molar-refractivity contribution in [1.29, 1.82) is 0 Å². The number of aromatic nitrogens is 3. The Balaban J connectivity index is 1.74. The zero-order chi connectivity index (χ0) is 19.4. The summed E-state index contributed by atoms with van der Waals surface area (Å²) in [5.74, 6) is 1.34. The van der Waals surface area contributed by atoms with Crippen molar-refractivity contribution in [3.8, 4) is 5.88 Å². The van der Waals surface area contributed by atoms with Gasteiger partial charge in [0.2, 0.25) is 5.88 Å². The van der Waals surface area contributed by atoms with E-state index in [1.54, 1.807) is 19.1 Å². The third-order valence-corrected chi connectivity index (χ3v) is 4.76. The number of hydrogen-bond acceptors (Lipinski definition) is 7. The van der Waals surface area contributed by atoms with Crippen LogP contribution in [-0.2, 0) is 0 Å². The number of anilines is 3. The lowest BCUT2D eigenvalue weighted by atomic mass is 10.2. The minimum absolute atomic E-state index is 0.273. The molecule has 2 N–H and O–H groups in total. The Morgan fingerprint density at radius 1 is 1.30 bits per heavy atom. The number of carbonyl (C=O) groups excluding carboxylic acids is 1. The van der Waals surface area contributed by atoms with Crippen molar-refractivity contribution < 1.29 is 9.53 Å². The largest absolute Gasteiger partial charge is 0.478 e. The van der Waals surface area contributed by atoms with Gasteiger partial charge in [-0.25, -0.2) is 9.97 Å². The number of nitrogens with zero attached hydrogens (tertiary/aromatic N) is 3. The average molecular weight is 404 g/mol.